The van der Waals surface area contributed by atoms with Crippen LogP contribution in [0.1, 0.15) is 41.5 Å². The molecule has 0 aromatic rings. The smallest absolute Gasteiger partial charge is 0.111 e. The Balaban J connectivity index is 2.98. The van der Waals surface area contributed by atoms with Crippen molar-refractivity contribution < 1.29 is 0 Å². The third-order valence-electron chi connectivity index (χ3n) is 2.44. The number of rotatable bonds is 2. The maximum absolute atomic E-state index is 2.33. The first-order valence-electron chi connectivity index (χ1n) is 5.37. The Labute approximate surface area is 87.9 Å². The molecule has 0 atom stereocenters. The summed E-state index contributed by atoms with van der Waals surface area (Å²) in [5.74, 6) is 1.34. The van der Waals surface area contributed by atoms with Crippen molar-refractivity contribution in [2.24, 2.45) is 0 Å². The summed E-state index contributed by atoms with van der Waals surface area (Å²) in [6, 6.07) is 1.06. The van der Waals surface area contributed by atoms with Crippen molar-refractivity contribution >= 4 is 0 Å². The first-order valence-corrected chi connectivity index (χ1v) is 5.37. The Morgan fingerprint density at radius 1 is 0.929 bits per heavy atom. The van der Waals surface area contributed by atoms with E-state index in [1.807, 2.05) is 0 Å². The molecule has 0 amide bonds. The SMILES string of the molecule is CC(C)=C1N(C(C)C)C=CN1C(C)C. The molecular formula is C12H22N2. The summed E-state index contributed by atoms with van der Waals surface area (Å²) >= 11 is 0. The number of allylic oxidation sites excluding steroid dienone is 1. The topological polar surface area (TPSA) is 6.48 Å². The molecule has 0 fully saturated rings. The van der Waals surface area contributed by atoms with Gasteiger partial charge in [0.1, 0.15) is 5.82 Å². The number of hydrogen-bond acceptors (Lipinski definition) is 2. The maximum Gasteiger partial charge on any atom is 0.111 e. The lowest BCUT2D eigenvalue weighted by Crippen LogP contribution is -2.32. The van der Waals surface area contributed by atoms with E-state index in [0.717, 1.165) is 0 Å². The molecule has 2 heteroatoms. The van der Waals surface area contributed by atoms with E-state index < -0.39 is 0 Å². The van der Waals surface area contributed by atoms with Gasteiger partial charge in [-0.05, 0) is 47.1 Å². The zero-order chi connectivity index (χ0) is 10.9. The Hall–Kier alpha value is -0.920. The van der Waals surface area contributed by atoms with Crippen molar-refractivity contribution in [3.8, 4) is 0 Å². The minimum absolute atomic E-state index is 0.528. The molecule has 1 heterocycles. The van der Waals surface area contributed by atoms with Crippen LogP contribution in [0.15, 0.2) is 23.8 Å². The lowest BCUT2D eigenvalue weighted by atomic mass is 10.2. The van der Waals surface area contributed by atoms with Gasteiger partial charge in [0.15, 0.2) is 0 Å². The standard InChI is InChI=1S/C12H22N2/c1-9(2)12-13(10(3)4)7-8-14(12)11(5)6/h7-8,10-11H,1-6H3. The van der Waals surface area contributed by atoms with Gasteiger partial charge in [-0.15, -0.1) is 0 Å². The summed E-state index contributed by atoms with van der Waals surface area (Å²) < 4.78 is 0. The first kappa shape index (κ1) is 11.2. The quantitative estimate of drug-likeness (QED) is 0.666. The largest absolute Gasteiger partial charge is 0.331 e. The second-order valence-electron chi connectivity index (χ2n) is 4.62. The summed E-state index contributed by atoms with van der Waals surface area (Å²) in [6.45, 7) is 13.2. The third kappa shape index (κ3) is 1.94. The van der Waals surface area contributed by atoms with E-state index in [2.05, 4.69) is 63.7 Å². The summed E-state index contributed by atoms with van der Waals surface area (Å²) in [6.07, 6.45) is 4.35. The van der Waals surface area contributed by atoms with Gasteiger partial charge in [-0.25, -0.2) is 0 Å². The van der Waals surface area contributed by atoms with Crippen molar-refractivity contribution in [3.05, 3.63) is 23.8 Å². The lowest BCUT2D eigenvalue weighted by molar-refractivity contribution is 0.280. The average Bonchev–Trinajstić information content (AvgIpc) is 2.46. The number of hydrogen-bond donors (Lipinski definition) is 0. The molecule has 0 aromatic heterocycles. The van der Waals surface area contributed by atoms with Crippen LogP contribution in [0.4, 0.5) is 0 Å². The minimum Gasteiger partial charge on any atom is -0.331 e. The average molecular weight is 194 g/mol. The highest BCUT2D eigenvalue weighted by atomic mass is 15.4. The van der Waals surface area contributed by atoms with Crippen LogP contribution >= 0.6 is 0 Å². The van der Waals surface area contributed by atoms with E-state index in [4.69, 9.17) is 0 Å². The van der Waals surface area contributed by atoms with Crippen LogP contribution in [-0.4, -0.2) is 21.9 Å². The van der Waals surface area contributed by atoms with Crippen molar-refractivity contribution in [1.82, 2.24) is 9.80 Å². The zero-order valence-electron chi connectivity index (χ0n) is 10.2. The lowest BCUT2D eigenvalue weighted by Gasteiger charge is -2.31. The molecule has 1 aliphatic heterocycles. The van der Waals surface area contributed by atoms with Crippen LogP contribution < -0.4 is 0 Å². The van der Waals surface area contributed by atoms with Crippen molar-refractivity contribution in [2.45, 2.75) is 53.6 Å². The molecule has 0 spiro atoms. The van der Waals surface area contributed by atoms with Crippen LogP contribution in [-0.2, 0) is 0 Å². The van der Waals surface area contributed by atoms with Crippen LogP contribution in [0.2, 0.25) is 0 Å². The summed E-state index contributed by atoms with van der Waals surface area (Å²) in [5, 5.41) is 0. The minimum atomic E-state index is 0.528. The fourth-order valence-corrected chi connectivity index (χ4v) is 1.77. The Morgan fingerprint density at radius 3 is 1.50 bits per heavy atom. The summed E-state index contributed by atoms with van der Waals surface area (Å²) in [7, 11) is 0. The molecule has 14 heavy (non-hydrogen) atoms. The molecule has 2 nitrogen and oxygen atoms in total. The molecule has 80 valence electrons. The van der Waals surface area contributed by atoms with Crippen molar-refractivity contribution in [2.75, 3.05) is 0 Å². The van der Waals surface area contributed by atoms with Gasteiger partial charge in [-0.1, -0.05) is 0 Å². The van der Waals surface area contributed by atoms with E-state index in [1.165, 1.54) is 11.4 Å². The summed E-state index contributed by atoms with van der Waals surface area (Å²) in [4.78, 5) is 4.66. The highest BCUT2D eigenvalue weighted by Gasteiger charge is 2.24. The molecule has 0 radical (unpaired) electrons. The van der Waals surface area contributed by atoms with Gasteiger partial charge < -0.3 is 9.80 Å². The Morgan fingerprint density at radius 2 is 1.29 bits per heavy atom. The van der Waals surface area contributed by atoms with Crippen LogP contribution in [0.3, 0.4) is 0 Å². The maximum atomic E-state index is 2.33. The Kier molecular flexibility index (Phi) is 3.25. The van der Waals surface area contributed by atoms with Crippen molar-refractivity contribution in [3.63, 3.8) is 0 Å². The molecule has 0 bridgehead atoms. The second kappa shape index (κ2) is 4.07. The predicted octanol–water partition coefficient (Wildman–Crippen LogP) is 3.14. The van der Waals surface area contributed by atoms with Gasteiger partial charge in [-0.2, -0.15) is 0 Å². The first-order chi connectivity index (χ1) is 6.45. The van der Waals surface area contributed by atoms with E-state index in [-0.39, 0.29) is 0 Å². The van der Waals surface area contributed by atoms with E-state index >= 15 is 0 Å². The van der Waals surface area contributed by atoms with E-state index in [1.54, 1.807) is 0 Å². The summed E-state index contributed by atoms with van der Waals surface area (Å²) in [5.41, 5.74) is 1.37. The van der Waals surface area contributed by atoms with Gasteiger partial charge in [0.05, 0.1) is 0 Å². The molecular weight excluding hydrogens is 172 g/mol. The van der Waals surface area contributed by atoms with Crippen LogP contribution in [0, 0.1) is 0 Å². The molecule has 1 aliphatic rings. The highest BCUT2D eigenvalue weighted by molar-refractivity contribution is 5.20. The van der Waals surface area contributed by atoms with E-state index in [0.29, 0.717) is 12.1 Å². The highest BCUT2D eigenvalue weighted by Crippen LogP contribution is 2.26. The fourth-order valence-electron chi connectivity index (χ4n) is 1.77. The van der Waals surface area contributed by atoms with Gasteiger partial charge >= 0.3 is 0 Å². The second-order valence-corrected chi connectivity index (χ2v) is 4.62. The number of nitrogens with zero attached hydrogens (tertiary/aromatic N) is 2. The van der Waals surface area contributed by atoms with Gasteiger partial charge in [0.25, 0.3) is 0 Å². The zero-order valence-corrected chi connectivity index (χ0v) is 10.2. The fraction of sp³-hybridized carbons (Fsp3) is 0.667. The Bertz CT molecular complexity index is 237. The molecule has 0 aliphatic carbocycles. The molecule has 0 N–H and O–H groups in total. The van der Waals surface area contributed by atoms with E-state index in [9.17, 15) is 0 Å². The molecule has 1 rings (SSSR count). The monoisotopic (exact) mass is 194 g/mol. The normalized spacial score (nSPS) is 16.4. The third-order valence-corrected chi connectivity index (χ3v) is 2.44. The molecule has 0 unspecified atom stereocenters. The van der Waals surface area contributed by atoms with Gasteiger partial charge in [0.2, 0.25) is 0 Å². The molecule has 0 aromatic carbocycles. The van der Waals surface area contributed by atoms with Crippen LogP contribution in [0.5, 0.6) is 0 Å². The molecule has 0 saturated heterocycles. The van der Waals surface area contributed by atoms with Gasteiger partial charge in [0, 0.05) is 24.5 Å². The van der Waals surface area contributed by atoms with Gasteiger partial charge in [-0.3, -0.25) is 0 Å². The predicted molar refractivity (Wildman–Crippen MR) is 61.5 cm³/mol. The molecule has 0 saturated carbocycles. The van der Waals surface area contributed by atoms with Crippen molar-refractivity contribution in [1.29, 1.82) is 0 Å². The van der Waals surface area contributed by atoms with Crippen LogP contribution in [0.25, 0.3) is 0 Å².